The Balaban J connectivity index is 1.22. The zero-order valence-corrected chi connectivity index (χ0v) is 16.0. The van der Waals surface area contributed by atoms with Crippen molar-refractivity contribution in [2.45, 2.75) is 69.4 Å². The van der Waals surface area contributed by atoms with Crippen molar-refractivity contribution in [2.24, 2.45) is 5.92 Å². The van der Waals surface area contributed by atoms with Crippen molar-refractivity contribution in [1.82, 2.24) is 15.5 Å². The van der Waals surface area contributed by atoms with Crippen molar-refractivity contribution in [1.29, 1.82) is 0 Å². The number of carbonyl (C=O) groups excluding carboxylic acids is 1. The number of piperidine rings is 1. The lowest BCUT2D eigenvalue weighted by molar-refractivity contribution is -0.137. The number of amides is 1. The average molecular weight is 395 g/mol. The van der Waals surface area contributed by atoms with Crippen LogP contribution in [0, 0.1) is 5.92 Å². The van der Waals surface area contributed by atoms with E-state index in [4.69, 9.17) is 0 Å². The fourth-order valence-electron chi connectivity index (χ4n) is 4.49. The van der Waals surface area contributed by atoms with Crippen LogP contribution in [0.3, 0.4) is 0 Å². The van der Waals surface area contributed by atoms with Gasteiger partial charge in [-0.05, 0) is 56.1 Å². The van der Waals surface area contributed by atoms with Crippen molar-refractivity contribution in [3.05, 3.63) is 35.4 Å². The van der Waals surface area contributed by atoms with E-state index in [0.29, 0.717) is 18.2 Å². The molecule has 2 N–H and O–H groups in total. The predicted octanol–water partition coefficient (Wildman–Crippen LogP) is 3.32. The van der Waals surface area contributed by atoms with Gasteiger partial charge in [0.25, 0.3) is 0 Å². The van der Waals surface area contributed by atoms with Crippen LogP contribution in [-0.2, 0) is 17.5 Å². The van der Waals surface area contributed by atoms with Gasteiger partial charge in [0, 0.05) is 31.7 Å². The van der Waals surface area contributed by atoms with Crippen molar-refractivity contribution >= 4 is 5.91 Å². The third-order valence-corrected chi connectivity index (χ3v) is 6.28. The van der Waals surface area contributed by atoms with Gasteiger partial charge in [-0.1, -0.05) is 18.2 Å². The molecule has 4 rings (SSSR count). The Labute approximate surface area is 163 Å². The molecule has 7 heteroatoms. The first-order valence-corrected chi connectivity index (χ1v) is 10.3. The summed E-state index contributed by atoms with van der Waals surface area (Å²) in [4.78, 5) is 14.7. The zero-order chi connectivity index (χ0) is 19.7. The van der Waals surface area contributed by atoms with E-state index in [-0.39, 0.29) is 18.0 Å². The standard InChI is InChI=1S/C21H28F3N3O/c22-21(23,24)16-3-1-2-14(12-16)13-27-10-8-17(9-11-27)25-20(28)19-7-6-18(26-19)15-4-5-15/h1-3,12,15,17-19,26H,4-11,13H2,(H,25,28). The van der Waals surface area contributed by atoms with Crippen LogP contribution in [0.25, 0.3) is 0 Å². The van der Waals surface area contributed by atoms with Gasteiger partial charge in [0.1, 0.15) is 0 Å². The summed E-state index contributed by atoms with van der Waals surface area (Å²) in [5, 5.41) is 6.66. The Morgan fingerprint density at radius 3 is 2.54 bits per heavy atom. The Bertz CT molecular complexity index is 696. The summed E-state index contributed by atoms with van der Waals surface area (Å²) in [5.41, 5.74) is 0.0827. The number of hydrogen-bond donors (Lipinski definition) is 2. The quantitative estimate of drug-likeness (QED) is 0.804. The van der Waals surface area contributed by atoms with Gasteiger partial charge >= 0.3 is 6.18 Å². The number of benzene rings is 1. The Morgan fingerprint density at radius 2 is 1.86 bits per heavy atom. The van der Waals surface area contributed by atoms with Crippen molar-refractivity contribution in [3.8, 4) is 0 Å². The lowest BCUT2D eigenvalue weighted by atomic mass is 10.0. The Kier molecular flexibility index (Phi) is 5.65. The normalized spacial score (nSPS) is 27.1. The number of rotatable bonds is 5. The highest BCUT2D eigenvalue weighted by Crippen LogP contribution is 2.37. The number of carbonyl (C=O) groups is 1. The van der Waals surface area contributed by atoms with Gasteiger partial charge in [0.15, 0.2) is 0 Å². The van der Waals surface area contributed by atoms with E-state index in [2.05, 4.69) is 15.5 Å². The molecule has 28 heavy (non-hydrogen) atoms. The zero-order valence-electron chi connectivity index (χ0n) is 16.0. The van der Waals surface area contributed by atoms with Crippen LogP contribution in [-0.4, -0.2) is 42.0 Å². The summed E-state index contributed by atoms with van der Waals surface area (Å²) in [6.07, 6.45) is 1.96. The molecule has 3 fully saturated rings. The molecule has 2 heterocycles. The van der Waals surface area contributed by atoms with E-state index in [1.165, 1.54) is 25.0 Å². The van der Waals surface area contributed by atoms with Crippen LogP contribution >= 0.6 is 0 Å². The van der Waals surface area contributed by atoms with Crippen LogP contribution in [0.4, 0.5) is 13.2 Å². The second-order valence-electron chi connectivity index (χ2n) is 8.50. The molecule has 1 aromatic rings. The summed E-state index contributed by atoms with van der Waals surface area (Å²) < 4.78 is 38.6. The predicted molar refractivity (Wildman–Crippen MR) is 101 cm³/mol. The highest BCUT2D eigenvalue weighted by atomic mass is 19.4. The van der Waals surface area contributed by atoms with Crippen molar-refractivity contribution < 1.29 is 18.0 Å². The van der Waals surface area contributed by atoms with Crippen LogP contribution in [0.1, 0.15) is 49.7 Å². The fraction of sp³-hybridized carbons (Fsp3) is 0.667. The SMILES string of the molecule is O=C(NC1CCN(Cc2cccc(C(F)(F)F)c2)CC1)C1CCC(C2CC2)N1. The lowest BCUT2D eigenvalue weighted by Gasteiger charge is -2.33. The second-order valence-corrected chi connectivity index (χ2v) is 8.50. The summed E-state index contributed by atoms with van der Waals surface area (Å²) >= 11 is 0. The molecule has 0 aromatic heterocycles. The van der Waals surface area contributed by atoms with Crippen LogP contribution in [0.15, 0.2) is 24.3 Å². The minimum atomic E-state index is -4.31. The Hall–Kier alpha value is -1.60. The van der Waals surface area contributed by atoms with Gasteiger partial charge in [-0.25, -0.2) is 0 Å². The maximum atomic E-state index is 12.9. The molecule has 1 amide bonds. The maximum Gasteiger partial charge on any atom is 0.416 e. The highest BCUT2D eigenvalue weighted by Gasteiger charge is 2.39. The lowest BCUT2D eigenvalue weighted by Crippen LogP contribution is -2.50. The molecule has 3 aliphatic rings. The summed E-state index contributed by atoms with van der Waals surface area (Å²) in [6.45, 7) is 2.08. The molecule has 4 nitrogen and oxygen atoms in total. The maximum absolute atomic E-state index is 12.9. The first-order valence-electron chi connectivity index (χ1n) is 10.3. The smallest absolute Gasteiger partial charge is 0.352 e. The van der Waals surface area contributed by atoms with Gasteiger partial charge in [-0.3, -0.25) is 9.69 Å². The molecule has 0 spiro atoms. The first kappa shape index (κ1) is 19.7. The molecule has 1 saturated carbocycles. The summed E-state index contributed by atoms with van der Waals surface area (Å²) in [6, 6.07) is 6.16. The molecule has 2 unspecified atom stereocenters. The van der Waals surface area contributed by atoms with Crippen LogP contribution in [0.5, 0.6) is 0 Å². The summed E-state index contributed by atoms with van der Waals surface area (Å²) in [5.74, 6) is 0.886. The topological polar surface area (TPSA) is 44.4 Å². The molecule has 0 bridgehead atoms. The number of alkyl halides is 3. The third-order valence-electron chi connectivity index (χ3n) is 6.28. The van der Waals surface area contributed by atoms with Gasteiger partial charge in [0.05, 0.1) is 11.6 Å². The number of halogens is 3. The van der Waals surface area contributed by atoms with E-state index in [1.807, 2.05) is 0 Å². The highest BCUT2D eigenvalue weighted by molar-refractivity contribution is 5.82. The third kappa shape index (κ3) is 4.87. The second kappa shape index (κ2) is 8.03. The van der Waals surface area contributed by atoms with E-state index in [1.54, 1.807) is 6.07 Å². The van der Waals surface area contributed by atoms with Crippen molar-refractivity contribution in [3.63, 3.8) is 0 Å². The van der Waals surface area contributed by atoms with Crippen molar-refractivity contribution in [2.75, 3.05) is 13.1 Å². The molecule has 2 saturated heterocycles. The molecule has 1 aliphatic carbocycles. The molecule has 2 atom stereocenters. The van der Waals surface area contributed by atoms with Gasteiger partial charge < -0.3 is 10.6 Å². The molecule has 2 aliphatic heterocycles. The van der Waals surface area contributed by atoms with Crippen LogP contribution in [0.2, 0.25) is 0 Å². The first-order chi connectivity index (χ1) is 13.4. The van der Waals surface area contributed by atoms with Gasteiger partial charge in [0.2, 0.25) is 5.91 Å². The van der Waals surface area contributed by atoms with E-state index >= 15 is 0 Å². The Morgan fingerprint density at radius 1 is 1.11 bits per heavy atom. The largest absolute Gasteiger partial charge is 0.416 e. The minimum Gasteiger partial charge on any atom is -0.352 e. The molecule has 0 radical (unpaired) electrons. The van der Waals surface area contributed by atoms with Crippen LogP contribution < -0.4 is 10.6 Å². The number of hydrogen-bond acceptors (Lipinski definition) is 3. The number of nitrogens with one attached hydrogen (secondary N) is 2. The molecular formula is C21H28F3N3O. The summed E-state index contributed by atoms with van der Waals surface area (Å²) in [7, 11) is 0. The minimum absolute atomic E-state index is 0.0614. The fourth-order valence-corrected chi connectivity index (χ4v) is 4.49. The van der Waals surface area contributed by atoms with Gasteiger partial charge in [-0.15, -0.1) is 0 Å². The van der Waals surface area contributed by atoms with Gasteiger partial charge in [-0.2, -0.15) is 13.2 Å². The monoisotopic (exact) mass is 395 g/mol. The molecular weight excluding hydrogens is 367 g/mol. The van der Waals surface area contributed by atoms with E-state index < -0.39 is 11.7 Å². The van der Waals surface area contributed by atoms with E-state index in [9.17, 15) is 18.0 Å². The average Bonchev–Trinajstić information content (AvgIpc) is 3.39. The molecule has 154 valence electrons. The molecule has 1 aromatic carbocycles. The number of likely N-dealkylation sites (tertiary alicyclic amines) is 1. The van der Waals surface area contributed by atoms with E-state index in [0.717, 1.165) is 50.8 Å². The number of nitrogens with zero attached hydrogens (tertiary/aromatic N) is 1.